The number of aromatic nitrogens is 1. The number of nitrogen functional groups attached to an aromatic ring is 1. The molecule has 0 bridgehead atoms. The van der Waals surface area contributed by atoms with Gasteiger partial charge in [-0.3, -0.25) is 4.98 Å². The lowest BCUT2D eigenvalue weighted by atomic mass is 10.0. The number of halogens is 2. The number of fused-ring (bicyclic) bond motifs is 1. The molecule has 16 heavy (non-hydrogen) atoms. The van der Waals surface area contributed by atoms with E-state index in [0.717, 1.165) is 17.7 Å². The highest BCUT2D eigenvalue weighted by molar-refractivity contribution is 6.35. The van der Waals surface area contributed by atoms with Crippen molar-refractivity contribution in [1.29, 1.82) is 0 Å². The Bertz CT molecular complexity index is 567. The van der Waals surface area contributed by atoms with Crippen molar-refractivity contribution in [2.75, 3.05) is 5.73 Å². The molecular weight excluding hydrogens is 227 g/mol. The second-order valence-corrected chi connectivity index (χ2v) is 4.13. The monoisotopic (exact) mass is 238 g/mol. The standard InChI is InChI=1S/C12H12ClFN2/c1-3-8-6(2)16-12-9(11(8)15)4-7(14)5-10(12)13/h4-5H,3H2,1-2H3,(H2,15,16). The van der Waals surface area contributed by atoms with E-state index in [1.54, 1.807) is 0 Å². The average Bonchev–Trinajstić information content (AvgIpc) is 2.21. The van der Waals surface area contributed by atoms with E-state index in [-0.39, 0.29) is 0 Å². The number of hydrogen-bond donors (Lipinski definition) is 1. The van der Waals surface area contributed by atoms with Crippen molar-refractivity contribution in [3.05, 3.63) is 34.2 Å². The third-order valence-corrected chi connectivity index (χ3v) is 3.00. The Kier molecular flexibility index (Phi) is 2.72. The molecular formula is C12H12ClFN2. The van der Waals surface area contributed by atoms with E-state index in [2.05, 4.69) is 4.98 Å². The van der Waals surface area contributed by atoms with Gasteiger partial charge in [-0.25, -0.2) is 4.39 Å². The van der Waals surface area contributed by atoms with Crippen LogP contribution in [-0.4, -0.2) is 4.98 Å². The third kappa shape index (κ3) is 1.61. The van der Waals surface area contributed by atoms with Crippen LogP contribution in [-0.2, 0) is 6.42 Å². The van der Waals surface area contributed by atoms with Crippen LogP contribution in [0.1, 0.15) is 18.2 Å². The number of pyridine rings is 1. The number of rotatable bonds is 1. The van der Waals surface area contributed by atoms with Crippen LogP contribution in [0.5, 0.6) is 0 Å². The summed E-state index contributed by atoms with van der Waals surface area (Å²) in [6.07, 6.45) is 0.773. The van der Waals surface area contributed by atoms with Crippen LogP contribution < -0.4 is 5.73 Å². The highest BCUT2D eigenvalue weighted by Gasteiger charge is 2.12. The van der Waals surface area contributed by atoms with E-state index in [9.17, 15) is 4.39 Å². The summed E-state index contributed by atoms with van der Waals surface area (Å²) in [6, 6.07) is 2.63. The number of aryl methyl sites for hydroxylation is 1. The predicted octanol–water partition coefficient (Wildman–Crippen LogP) is 3.48. The smallest absolute Gasteiger partial charge is 0.125 e. The second kappa shape index (κ2) is 3.91. The van der Waals surface area contributed by atoms with E-state index < -0.39 is 5.82 Å². The van der Waals surface area contributed by atoms with Crippen LogP contribution in [0.25, 0.3) is 10.9 Å². The van der Waals surface area contributed by atoms with Gasteiger partial charge in [0, 0.05) is 16.8 Å². The zero-order valence-corrected chi connectivity index (χ0v) is 9.90. The molecule has 84 valence electrons. The molecule has 4 heteroatoms. The van der Waals surface area contributed by atoms with Crippen molar-refractivity contribution in [3.8, 4) is 0 Å². The van der Waals surface area contributed by atoms with Crippen molar-refractivity contribution in [2.24, 2.45) is 0 Å². The highest BCUT2D eigenvalue weighted by atomic mass is 35.5. The van der Waals surface area contributed by atoms with E-state index in [4.69, 9.17) is 17.3 Å². The topological polar surface area (TPSA) is 38.9 Å². The summed E-state index contributed by atoms with van der Waals surface area (Å²) in [5.41, 5.74) is 8.94. The summed E-state index contributed by atoms with van der Waals surface area (Å²) in [4.78, 5) is 4.37. The lowest BCUT2D eigenvalue weighted by Gasteiger charge is -2.11. The van der Waals surface area contributed by atoms with Crippen molar-refractivity contribution < 1.29 is 4.39 Å². The maximum absolute atomic E-state index is 13.2. The third-order valence-electron chi connectivity index (χ3n) is 2.71. The SMILES string of the molecule is CCc1c(C)nc2c(Cl)cc(F)cc2c1N. The largest absolute Gasteiger partial charge is 0.398 e. The Morgan fingerprint density at radius 1 is 1.44 bits per heavy atom. The first kappa shape index (κ1) is 11.1. The van der Waals surface area contributed by atoms with Gasteiger partial charge in [0.15, 0.2) is 0 Å². The molecule has 2 rings (SSSR count). The van der Waals surface area contributed by atoms with Gasteiger partial charge in [0.2, 0.25) is 0 Å². The average molecular weight is 239 g/mol. The lowest BCUT2D eigenvalue weighted by Crippen LogP contribution is -2.01. The minimum atomic E-state index is -0.392. The fraction of sp³-hybridized carbons (Fsp3) is 0.250. The Morgan fingerprint density at radius 3 is 2.75 bits per heavy atom. The molecule has 0 fully saturated rings. The second-order valence-electron chi connectivity index (χ2n) is 3.73. The Balaban J connectivity index is 2.93. The molecule has 0 aliphatic heterocycles. The Hall–Kier alpha value is -1.35. The predicted molar refractivity (Wildman–Crippen MR) is 65.2 cm³/mol. The lowest BCUT2D eigenvalue weighted by molar-refractivity contribution is 0.629. The number of hydrogen-bond acceptors (Lipinski definition) is 2. The maximum atomic E-state index is 13.2. The van der Waals surface area contributed by atoms with Gasteiger partial charge < -0.3 is 5.73 Å². The Morgan fingerprint density at radius 2 is 2.12 bits per heavy atom. The molecule has 1 aromatic heterocycles. The minimum Gasteiger partial charge on any atom is -0.398 e. The molecule has 0 aliphatic carbocycles. The van der Waals surface area contributed by atoms with Gasteiger partial charge in [0.05, 0.1) is 10.5 Å². The van der Waals surface area contributed by atoms with Gasteiger partial charge in [0.1, 0.15) is 5.82 Å². The van der Waals surface area contributed by atoms with Gasteiger partial charge >= 0.3 is 0 Å². The minimum absolute atomic E-state index is 0.299. The number of nitrogens with two attached hydrogens (primary N) is 1. The van der Waals surface area contributed by atoms with Crippen molar-refractivity contribution >= 4 is 28.2 Å². The van der Waals surface area contributed by atoms with Crippen LogP contribution in [0, 0.1) is 12.7 Å². The molecule has 0 amide bonds. The maximum Gasteiger partial charge on any atom is 0.125 e. The Labute approximate surface area is 98.2 Å². The van der Waals surface area contributed by atoms with Crippen LogP contribution in [0.15, 0.2) is 12.1 Å². The zero-order valence-electron chi connectivity index (χ0n) is 9.14. The van der Waals surface area contributed by atoms with E-state index in [0.29, 0.717) is 21.6 Å². The van der Waals surface area contributed by atoms with E-state index in [1.165, 1.54) is 12.1 Å². The molecule has 0 aliphatic rings. The molecule has 2 aromatic rings. The normalized spacial score (nSPS) is 11.0. The fourth-order valence-corrected chi connectivity index (χ4v) is 2.17. The molecule has 0 saturated heterocycles. The molecule has 2 N–H and O–H groups in total. The first-order chi connectivity index (χ1) is 7.54. The van der Waals surface area contributed by atoms with Crippen molar-refractivity contribution in [1.82, 2.24) is 4.98 Å². The van der Waals surface area contributed by atoms with Crippen molar-refractivity contribution in [2.45, 2.75) is 20.3 Å². The van der Waals surface area contributed by atoms with Gasteiger partial charge in [-0.15, -0.1) is 0 Å². The summed E-state index contributed by atoms with van der Waals surface area (Å²) in [7, 11) is 0. The van der Waals surface area contributed by atoms with E-state index >= 15 is 0 Å². The van der Waals surface area contributed by atoms with Crippen LogP contribution in [0.3, 0.4) is 0 Å². The molecule has 0 radical (unpaired) electrons. The molecule has 0 unspecified atom stereocenters. The van der Waals surface area contributed by atoms with Crippen LogP contribution in [0.4, 0.5) is 10.1 Å². The summed E-state index contributed by atoms with van der Waals surface area (Å²) in [6.45, 7) is 3.88. The fourth-order valence-electron chi connectivity index (χ4n) is 1.92. The van der Waals surface area contributed by atoms with Gasteiger partial charge in [-0.1, -0.05) is 18.5 Å². The number of nitrogens with zero attached hydrogens (tertiary/aromatic N) is 1. The molecule has 1 heterocycles. The zero-order chi connectivity index (χ0) is 11.9. The summed E-state index contributed by atoms with van der Waals surface area (Å²) >= 11 is 5.94. The van der Waals surface area contributed by atoms with Gasteiger partial charge in [0.25, 0.3) is 0 Å². The molecule has 2 nitrogen and oxygen atoms in total. The van der Waals surface area contributed by atoms with Gasteiger partial charge in [-0.05, 0) is 31.0 Å². The summed E-state index contributed by atoms with van der Waals surface area (Å²) < 4.78 is 13.2. The highest BCUT2D eigenvalue weighted by Crippen LogP contribution is 2.31. The molecule has 1 aromatic carbocycles. The van der Waals surface area contributed by atoms with Crippen LogP contribution >= 0.6 is 11.6 Å². The molecule has 0 spiro atoms. The van der Waals surface area contributed by atoms with E-state index in [1.807, 2.05) is 13.8 Å². The van der Waals surface area contributed by atoms with Crippen LogP contribution in [0.2, 0.25) is 5.02 Å². The van der Waals surface area contributed by atoms with Gasteiger partial charge in [-0.2, -0.15) is 0 Å². The first-order valence-corrected chi connectivity index (χ1v) is 5.46. The summed E-state index contributed by atoms with van der Waals surface area (Å²) in [5.74, 6) is -0.392. The van der Waals surface area contributed by atoms with Crippen molar-refractivity contribution in [3.63, 3.8) is 0 Å². The number of benzene rings is 1. The number of anilines is 1. The molecule has 0 atom stereocenters. The molecule has 0 saturated carbocycles. The summed E-state index contributed by atoms with van der Waals surface area (Å²) in [5, 5.41) is 0.889. The first-order valence-electron chi connectivity index (χ1n) is 5.08. The quantitative estimate of drug-likeness (QED) is 0.826.